The Morgan fingerprint density at radius 1 is 1.17 bits per heavy atom. The van der Waals surface area contributed by atoms with Gasteiger partial charge in [-0.1, -0.05) is 23.7 Å². The van der Waals surface area contributed by atoms with Crippen molar-refractivity contribution in [1.29, 1.82) is 0 Å². The van der Waals surface area contributed by atoms with Gasteiger partial charge in [0.2, 0.25) is 5.91 Å². The first-order valence-electron chi connectivity index (χ1n) is 9.22. The molecule has 1 aliphatic rings. The van der Waals surface area contributed by atoms with Crippen molar-refractivity contribution in [2.45, 2.75) is 13.3 Å². The van der Waals surface area contributed by atoms with Crippen LogP contribution in [0, 0.1) is 5.92 Å². The predicted octanol–water partition coefficient (Wildman–Crippen LogP) is 3.27. The van der Waals surface area contributed by atoms with Gasteiger partial charge in [-0.05, 0) is 43.3 Å². The van der Waals surface area contributed by atoms with E-state index in [1.165, 1.54) is 4.90 Å². The van der Waals surface area contributed by atoms with Crippen LogP contribution in [0.3, 0.4) is 0 Å². The highest BCUT2D eigenvalue weighted by atomic mass is 35.5. The Bertz CT molecular complexity index is 900. The zero-order valence-corrected chi connectivity index (χ0v) is 16.6. The zero-order chi connectivity index (χ0) is 20.8. The molecule has 8 heteroatoms. The molecule has 2 amide bonds. The number of ether oxygens (including phenoxy) is 2. The summed E-state index contributed by atoms with van der Waals surface area (Å²) in [5.74, 6) is -1.16. The van der Waals surface area contributed by atoms with E-state index in [-0.39, 0.29) is 18.9 Å². The van der Waals surface area contributed by atoms with Gasteiger partial charge in [0.25, 0.3) is 5.91 Å². The Balaban J connectivity index is 1.52. The number of carbonyl (C=O) groups excluding carboxylic acids is 3. The highest BCUT2D eigenvalue weighted by molar-refractivity contribution is 6.33. The minimum absolute atomic E-state index is 0.0399. The highest BCUT2D eigenvalue weighted by Gasteiger charge is 2.36. The van der Waals surface area contributed by atoms with Crippen LogP contribution in [-0.4, -0.2) is 37.5 Å². The molecule has 2 aromatic rings. The molecule has 1 atom stereocenters. The van der Waals surface area contributed by atoms with Crippen molar-refractivity contribution in [3.8, 4) is 5.75 Å². The van der Waals surface area contributed by atoms with Crippen LogP contribution in [-0.2, 0) is 19.1 Å². The molecule has 0 spiro atoms. The van der Waals surface area contributed by atoms with Crippen molar-refractivity contribution >= 4 is 40.8 Å². The second-order valence-corrected chi connectivity index (χ2v) is 6.88. The van der Waals surface area contributed by atoms with Crippen molar-refractivity contribution in [3.05, 3.63) is 53.6 Å². The largest absolute Gasteiger partial charge is 0.494 e. The Hall–Kier alpha value is -3.06. The van der Waals surface area contributed by atoms with E-state index in [9.17, 15) is 14.4 Å². The first-order valence-corrected chi connectivity index (χ1v) is 9.60. The normalized spacial score (nSPS) is 15.9. The molecule has 0 aliphatic carbocycles. The summed E-state index contributed by atoms with van der Waals surface area (Å²) in [6, 6.07) is 13.8. The lowest BCUT2D eigenvalue weighted by Gasteiger charge is -2.17. The fourth-order valence-corrected chi connectivity index (χ4v) is 3.19. The molecule has 152 valence electrons. The molecule has 0 aromatic heterocycles. The number of halogens is 1. The molecule has 0 saturated carbocycles. The number of nitrogens with zero attached hydrogens (tertiary/aromatic N) is 1. The number of esters is 1. The third kappa shape index (κ3) is 5.26. The van der Waals surface area contributed by atoms with E-state index in [4.69, 9.17) is 21.1 Å². The Labute approximate surface area is 173 Å². The average Bonchev–Trinajstić information content (AvgIpc) is 3.10. The third-order valence-electron chi connectivity index (χ3n) is 4.41. The van der Waals surface area contributed by atoms with Gasteiger partial charge in [0.05, 0.1) is 23.2 Å². The van der Waals surface area contributed by atoms with Gasteiger partial charge in [-0.25, -0.2) is 0 Å². The lowest BCUT2D eigenvalue weighted by atomic mass is 10.1. The average molecular weight is 417 g/mol. The maximum absolute atomic E-state index is 12.3. The van der Waals surface area contributed by atoms with Crippen LogP contribution in [0.25, 0.3) is 0 Å². The smallest absolute Gasteiger partial charge is 0.311 e. The maximum atomic E-state index is 12.3. The van der Waals surface area contributed by atoms with Crippen molar-refractivity contribution < 1.29 is 23.9 Å². The van der Waals surface area contributed by atoms with E-state index in [0.717, 1.165) is 0 Å². The summed E-state index contributed by atoms with van der Waals surface area (Å²) >= 11 is 5.98. The first kappa shape index (κ1) is 20.7. The zero-order valence-electron chi connectivity index (χ0n) is 15.9. The van der Waals surface area contributed by atoms with Crippen LogP contribution in [0.1, 0.15) is 13.3 Å². The number of carbonyl (C=O) groups is 3. The molecule has 1 fully saturated rings. The van der Waals surface area contributed by atoms with Crippen LogP contribution in [0.4, 0.5) is 11.4 Å². The molecule has 29 heavy (non-hydrogen) atoms. The summed E-state index contributed by atoms with van der Waals surface area (Å²) in [5.41, 5.74) is 1.12. The van der Waals surface area contributed by atoms with E-state index in [1.54, 1.807) is 48.5 Å². The molecule has 2 aromatic carbocycles. The van der Waals surface area contributed by atoms with Gasteiger partial charge >= 0.3 is 5.97 Å². The van der Waals surface area contributed by atoms with Crippen molar-refractivity contribution in [1.82, 2.24) is 0 Å². The fourth-order valence-electron chi connectivity index (χ4n) is 3.01. The summed E-state index contributed by atoms with van der Waals surface area (Å²) in [6.45, 7) is 2.21. The van der Waals surface area contributed by atoms with Gasteiger partial charge in [-0.2, -0.15) is 0 Å². The number of hydrogen-bond acceptors (Lipinski definition) is 5. The molecular weight excluding hydrogens is 396 g/mol. The van der Waals surface area contributed by atoms with Gasteiger partial charge < -0.3 is 19.7 Å². The summed E-state index contributed by atoms with van der Waals surface area (Å²) in [7, 11) is 0. The van der Waals surface area contributed by atoms with E-state index >= 15 is 0 Å². The molecule has 7 nitrogen and oxygen atoms in total. The third-order valence-corrected chi connectivity index (χ3v) is 4.74. The minimum atomic E-state index is -0.623. The van der Waals surface area contributed by atoms with E-state index < -0.39 is 24.4 Å². The summed E-state index contributed by atoms with van der Waals surface area (Å²) in [5, 5.41) is 2.97. The monoisotopic (exact) mass is 416 g/mol. The van der Waals surface area contributed by atoms with Crippen LogP contribution in [0.15, 0.2) is 48.5 Å². The van der Waals surface area contributed by atoms with Gasteiger partial charge in [0.1, 0.15) is 5.75 Å². The topological polar surface area (TPSA) is 84.9 Å². The Kier molecular flexibility index (Phi) is 6.72. The molecule has 0 radical (unpaired) electrons. The molecule has 1 saturated heterocycles. The van der Waals surface area contributed by atoms with E-state index in [2.05, 4.69) is 5.32 Å². The van der Waals surface area contributed by atoms with Crippen molar-refractivity contribution in [2.24, 2.45) is 5.92 Å². The highest BCUT2D eigenvalue weighted by Crippen LogP contribution is 2.27. The predicted molar refractivity (Wildman–Crippen MR) is 109 cm³/mol. The van der Waals surface area contributed by atoms with Crippen LogP contribution >= 0.6 is 11.6 Å². The van der Waals surface area contributed by atoms with E-state index in [1.807, 2.05) is 6.92 Å². The summed E-state index contributed by atoms with van der Waals surface area (Å²) in [4.78, 5) is 38.1. The van der Waals surface area contributed by atoms with Gasteiger partial charge in [-0.3, -0.25) is 14.4 Å². The van der Waals surface area contributed by atoms with E-state index in [0.29, 0.717) is 28.8 Å². The number of hydrogen-bond donors (Lipinski definition) is 1. The standard InChI is InChI=1S/C21H21ClN2O5/c1-2-28-16-9-7-15(8-10-16)24-12-14(11-20(24)26)21(27)29-13-19(25)23-18-6-4-3-5-17(18)22/h3-10,14H,2,11-13H2,1H3,(H,23,25)/t14-/m1/s1. The quantitative estimate of drug-likeness (QED) is 0.700. The van der Waals surface area contributed by atoms with Crippen LogP contribution < -0.4 is 15.0 Å². The number of anilines is 2. The summed E-state index contributed by atoms with van der Waals surface area (Å²) < 4.78 is 10.5. The van der Waals surface area contributed by atoms with Crippen molar-refractivity contribution in [2.75, 3.05) is 30.0 Å². The molecule has 1 heterocycles. The number of amides is 2. The molecule has 1 aliphatic heterocycles. The lowest BCUT2D eigenvalue weighted by molar-refractivity contribution is -0.151. The van der Waals surface area contributed by atoms with Crippen LogP contribution in [0.5, 0.6) is 5.75 Å². The minimum Gasteiger partial charge on any atom is -0.494 e. The Morgan fingerprint density at radius 3 is 2.59 bits per heavy atom. The lowest BCUT2D eigenvalue weighted by Crippen LogP contribution is -2.28. The maximum Gasteiger partial charge on any atom is 0.311 e. The van der Waals surface area contributed by atoms with Crippen molar-refractivity contribution in [3.63, 3.8) is 0 Å². The Morgan fingerprint density at radius 2 is 1.90 bits per heavy atom. The molecule has 1 N–H and O–H groups in total. The second-order valence-electron chi connectivity index (χ2n) is 6.47. The molecule has 3 rings (SSSR count). The van der Waals surface area contributed by atoms with Gasteiger partial charge in [-0.15, -0.1) is 0 Å². The summed E-state index contributed by atoms with van der Waals surface area (Å²) in [6.07, 6.45) is 0.0399. The molecule has 0 unspecified atom stereocenters. The van der Waals surface area contributed by atoms with Crippen LogP contribution in [0.2, 0.25) is 5.02 Å². The number of benzene rings is 2. The second kappa shape index (κ2) is 9.43. The number of nitrogens with one attached hydrogen (secondary N) is 1. The number of rotatable bonds is 7. The van der Waals surface area contributed by atoms with Gasteiger partial charge in [0, 0.05) is 18.7 Å². The number of para-hydroxylation sites is 1. The molecule has 0 bridgehead atoms. The van der Waals surface area contributed by atoms with Gasteiger partial charge in [0.15, 0.2) is 6.61 Å². The SMILES string of the molecule is CCOc1ccc(N2C[C@H](C(=O)OCC(=O)Nc3ccccc3Cl)CC2=O)cc1. The fraction of sp³-hybridized carbons (Fsp3) is 0.286. The molecular formula is C21H21ClN2O5. The first-order chi connectivity index (χ1) is 14.0.